The largest absolute Gasteiger partial charge is 0.493 e. The van der Waals surface area contributed by atoms with Crippen LogP contribution in [0.1, 0.15) is 18.4 Å². The maximum atomic E-state index is 11.6. The van der Waals surface area contributed by atoms with Crippen molar-refractivity contribution in [1.29, 1.82) is 5.26 Å². The highest BCUT2D eigenvalue weighted by molar-refractivity contribution is 7.91. The number of benzene rings is 1. The van der Waals surface area contributed by atoms with E-state index in [2.05, 4.69) is 0 Å². The maximum absolute atomic E-state index is 11.6. The molecule has 0 unspecified atom stereocenters. The van der Waals surface area contributed by atoms with Gasteiger partial charge in [-0.2, -0.15) is 5.26 Å². The molecule has 98 valence electrons. The second kappa shape index (κ2) is 7.02. The highest BCUT2D eigenvalue weighted by atomic mass is 32.2. The third-order valence-corrected chi connectivity index (χ3v) is 4.13. The van der Waals surface area contributed by atoms with Crippen molar-refractivity contribution in [3.05, 3.63) is 29.8 Å². The molecule has 1 rings (SSSR count). The van der Waals surface area contributed by atoms with Gasteiger partial charge in [-0.15, -0.1) is 0 Å². The Labute approximate surface area is 108 Å². The van der Waals surface area contributed by atoms with Crippen LogP contribution in [0.3, 0.4) is 0 Å². The summed E-state index contributed by atoms with van der Waals surface area (Å²) in [6, 6.07) is 9.39. The van der Waals surface area contributed by atoms with E-state index in [-0.39, 0.29) is 24.5 Å². The molecule has 0 aliphatic carbocycles. The van der Waals surface area contributed by atoms with Crippen LogP contribution in [-0.2, 0) is 9.84 Å². The van der Waals surface area contributed by atoms with Crippen LogP contribution in [0, 0.1) is 18.3 Å². The second-order valence-corrected chi connectivity index (χ2v) is 6.38. The Morgan fingerprint density at radius 2 is 1.89 bits per heavy atom. The molecule has 0 aliphatic heterocycles. The van der Waals surface area contributed by atoms with Gasteiger partial charge >= 0.3 is 0 Å². The highest BCUT2D eigenvalue weighted by Crippen LogP contribution is 2.11. The molecular formula is C13H17NO3S. The smallest absolute Gasteiger partial charge is 0.153 e. The fourth-order valence-electron chi connectivity index (χ4n) is 1.39. The molecule has 0 N–H and O–H groups in total. The molecule has 18 heavy (non-hydrogen) atoms. The van der Waals surface area contributed by atoms with E-state index in [0.29, 0.717) is 12.2 Å². The van der Waals surface area contributed by atoms with Crippen LogP contribution in [0.2, 0.25) is 0 Å². The van der Waals surface area contributed by atoms with Crippen LogP contribution < -0.4 is 4.74 Å². The summed E-state index contributed by atoms with van der Waals surface area (Å²) < 4.78 is 28.5. The molecule has 4 nitrogen and oxygen atoms in total. The van der Waals surface area contributed by atoms with Crippen molar-refractivity contribution in [2.45, 2.75) is 19.8 Å². The third kappa shape index (κ3) is 5.69. The SMILES string of the molecule is Cc1ccc(OCCS(=O)(=O)CCCC#N)cc1. The van der Waals surface area contributed by atoms with Crippen LogP contribution in [0.5, 0.6) is 5.75 Å². The fraction of sp³-hybridized carbons (Fsp3) is 0.462. The first kappa shape index (κ1) is 14.5. The standard InChI is InChI=1S/C13H17NO3S/c1-12-4-6-13(7-5-12)17-9-11-18(15,16)10-3-2-8-14/h4-7H,2-3,9-11H2,1H3. The molecule has 0 atom stereocenters. The summed E-state index contributed by atoms with van der Waals surface area (Å²) in [5.41, 5.74) is 1.13. The molecule has 0 aromatic heterocycles. The quantitative estimate of drug-likeness (QED) is 0.709. The lowest BCUT2D eigenvalue weighted by molar-refractivity contribution is 0.341. The van der Waals surface area contributed by atoms with Crippen LogP contribution in [-0.4, -0.2) is 26.5 Å². The van der Waals surface area contributed by atoms with Crippen molar-refractivity contribution in [1.82, 2.24) is 0 Å². The molecular weight excluding hydrogens is 250 g/mol. The molecule has 0 saturated heterocycles. The summed E-state index contributed by atoms with van der Waals surface area (Å²) in [6.45, 7) is 2.13. The number of rotatable bonds is 7. The van der Waals surface area contributed by atoms with Gasteiger partial charge in [-0.05, 0) is 25.5 Å². The maximum Gasteiger partial charge on any atom is 0.153 e. The third-order valence-electron chi connectivity index (χ3n) is 2.43. The van der Waals surface area contributed by atoms with Crippen molar-refractivity contribution in [3.63, 3.8) is 0 Å². The Balaban J connectivity index is 2.33. The molecule has 0 spiro atoms. The lowest BCUT2D eigenvalue weighted by Crippen LogP contribution is -2.17. The minimum Gasteiger partial charge on any atom is -0.493 e. The zero-order valence-corrected chi connectivity index (χ0v) is 11.2. The Morgan fingerprint density at radius 1 is 1.22 bits per heavy atom. The Kier molecular flexibility index (Phi) is 5.66. The number of hydrogen-bond acceptors (Lipinski definition) is 4. The van der Waals surface area contributed by atoms with Gasteiger partial charge in [0.15, 0.2) is 9.84 Å². The number of aryl methyl sites for hydroxylation is 1. The number of hydrogen-bond donors (Lipinski definition) is 0. The van der Waals surface area contributed by atoms with E-state index in [0.717, 1.165) is 5.56 Å². The van der Waals surface area contributed by atoms with Crippen LogP contribution in [0.4, 0.5) is 0 Å². The predicted octanol–water partition coefficient (Wildman–Crippen LogP) is 2.09. The monoisotopic (exact) mass is 267 g/mol. The predicted molar refractivity (Wildman–Crippen MR) is 70.2 cm³/mol. The molecule has 5 heteroatoms. The van der Waals surface area contributed by atoms with Gasteiger partial charge in [0.05, 0.1) is 17.6 Å². The van der Waals surface area contributed by atoms with Crippen molar-refractivity contribution in [2.24, 2.45) is 0 Å². The van der Waals surface area contributed by atoms with Gasteiger partial charge in [-0.25, -0.2) is 8.42 Å². The fourth-order valence-corrected chi connectivity index (χ4v) is 2.52. The molecule has 0 fully saturated rings. The van der Waals surface area contributed by atoms with Crippen molar-refractivity contribution in [2.75, 3.05) is 18.1 Å². The molecule has 0 heterocycles. The molecule has 0 radical (unpaired) electrons. The van der Waals surface area contributed by atoms with E-state index in [4.69, 9.17) is 10.00 Å². The van der Waals surface area contributed by atoms with Gasteiger partial charge in [0, 0.05) is 6.42 Å². The first-order valence-electron chi connectivity index (χ1n) is 5.80. The first-order chi connectivity index (χ1) is 8.53. The summed E-state index contributed by atoms with van der Waals surface area (Å²) in [6.07, 6.45) is 0.668. The lowest BCUT2D eigenvalue weighted by Gasteiger charge is -2.06. The number of sulfone groups is 1. The average Bonchev–Trinajstić information content (AvgIpc) is 2.32. The number of nitriles is 1. The number of unbranched alkanes of at least 4 members (excludes halogenated alkanes) is 1. The van der Waals surface area contributed by atoms with E-state index < -0.39 is 9.84 Å². The summed E-state index contributed by atoms with van der Waals surface area (Å²) in [7, 11) is -3.11. The van der Waals surface area contributed by atoms with Gasteiger partial charge in [-0.1, -0.05) is 17.7 Å². The number of ether oxygens (including phenoxy) is 1. The number of nitrogens with zero attached hydrogens (tertiary/aromatic N) is 1. The van der Waals surface area contributed by atoms with Gasteiger partial charge < -0.3 is 4.74 Å². The van der Waals surface area contributed by atoms with Crippen molar-refractivity contribution >= 4 is 9.84 Å². The second-order valence-electron chi connectivity index (χ2n) is 4.07. The minimum atomic E-state index is -3.11. The van der Waals surface area contributed by atoms with E-state index in [9.17, 15) is 8.42 Å². The van der Waals surface area contributed by atoms with E-state index in [1.165, 1.54) is 0 Å². The van der Waals surface area contributed by atoms with Crippen LogP contribution in [0.15, 0.2) is 24.3 Å². The van der Waals surface area contributed by atoms with Gasteiger partial charge in [-0.3, -0.25) is 0 Å². The molecule has 1 aromatic rings. The summed E-state index contributed by atoms with van der Waals surface area (Å²) >= 11 is 0. The Morgan fingerprint density at radius 3 is 2.50 bits per heavy atom. The van der Waals surface area contributed by atoms with Gasteiger partial charge in [0.25, 0.3) is 0 Å². The summed E-state index contributed by atoms with van der Waals surface area (Å²) in [4.78, 5) is 0. The molecule has 0 amide bonds. The molecule has 0 aliphatic rings. The zero-order chi connectivity index (χ0) is 13.4. The minimum absolute atomic E-state index is 0.00763. The topological polar surface area (TPSA) is 67.2 Å². The van der Waals surface area contributed by atoms with E-state index in [1.807, 2.05) is 37.3 Å². The van der Waals surface area contributed by atoms with Gasteiger partial charge in [0.2, 0.25) is 0 Å². The Hall–Kier alpha value is -1.54. The molecule has 1 aromatic carbocycles. The molecule has 0 bridgehead atoms. The Bertz CT molecular complexity index is 500. The first-order valence-corrected chi connectivity index (χ1v) is 7.62. The van der Waals surface area contributed by atoms with Crippen molar-refractivity contribution in [3.8, 4) is 11.8 Å². The normalized spacial score (nSPS) is 10.9. The van der Waals surface area contributed by atoms with Crippen LogP contribution >= 0.6 is 0 Å². The van der Waals surface area contributed by atoms with E-state index >= 15 is 0 Å². The van der Waals surface area contributed by atoms with E-state index in [1.54, 1.807) is 0 Å². The average molecular weight is 267 g/mol. The summed E-state index contributed by atoms with van der Waals surface area (Å²) in [5.74, 6) is 0.720. The highest BCUT2D eigenvalue weighted by Gasteiger charge is 2.10. The molecule has 0 saturated carbocycles. The van der Waals surface area contributed by atoms with Gasteiger partial charge in [0.1, 0.15) is 12.4 Å². The lowest BCUT2D eigenvalue weighted by atomic mass is 10.2. The zero-order valence-electron chi connectivity index (χ0n) is 10.4. The summed E-state index contributed by atoms with van der Waals surface area (Å²) in [5, 5.41) is 8.34. The van der Waals surface area contributed by atoms with Crippen molar-refractivity contribution < 1.29 is 13.2 Å². The van der Waals surface area contributed by atoms with Crippen LogP contribution in [0.25, 0.3) is 0 Å².